The Morgan fingerprint density at radius 2 is 2.11 bits per heavy atom. The zero-order valence-corrected chi connectivity index (χ0v) is 12.0. The lowest BCUT2D eigenvalue weighted by Crippen LogP contribution is -2.37. The Labute approximate surface area is 119 Å². The quantitative estimate of drug-likeness (QED) is 0.770. The Morgan fingerprint density at radius 1 is 1.42 bits per heavy atom. The van der Waals surface area contributed by atoms with E-state index >= 15 is 0 Å². The fraction of sp³-hybridized carbons (Fsp3) is 0.333. The molecule has 0 saturated heterocycles. The van der Waals surface area contributed by atoms with Crippen molar-refractivity contribution in [3.63, 3.8) is 0 Å². The number of amides is 2. The molecule has 0 saturated carbocycles. The van der Waals surface area contributed by atoms with E-state index in [1.165, 1.54) is 17.0 Å². The van der Waals surface area contributed by atoms with Crippen molar-refractivity contribution < 1.29 is 19.8 Å². The highest BCUT2D eigenvalue weighted by Gasteiger charge is 2.16. The van der Waals surface area contributed by atoms with E-state index in [1.807, 2.05) is 0 Å². The molecule has 0 aliphatic rings. The second-order valence-corrected chi connectivity index (χ2v) is 4.64. The number of benzene rings is 1. The van der Waals surface area contributed by atoms with Gasteiger partial charge in [0, 0.05) is 17.6 Å². The number of rotatable bonds is 5. The van der Waals surface area contributed by atoms with Gasteiger partial charge in [-0.25, -0.2) is 9.59 Å². The van der Waals surface area contributed by atoms with Crippen LogP contribution >= 0.6 is 15.9 Å². The van der Waals surface area contributed by atoms with E-state index in [0.717, 1.165) is 0 Å². The number of nitrogens with zero attached hydrogens (tertiary/aromatic N) is 1. The molecule has 1 aromatic carbocycles. The fourth-order valence-electron chi connectivity index (χ4n) is 1.52. The Kier molecular flexibility index (Phi) is 5.78. The first-order valence-corrected chi connectivity index (χ1v) is 6.48. The van der Waals surface area contributed by atoms with Crippen LogP contribution in [0.3, 0.4) is 0 Å². The number of hydrogen-bond donors (Lipinski definition) is 3. The molecular weight excluding hydrogens is 316 g/mol. The molecule has 0 unspecified atom stereocenters. The summed E-state index contributed by atoms with van der Waals surface area (Å²) >= 11 is 3.22. The Morgan fingerprint density at radius 3 is 2.63 bits per heavy atom. The topological polar surface area (TPSA) is 89.9 Å². The number of aliphatic hydroxyl groups is 1. The van der Waals surface area contributed by atoms with Crippen molar-refractivity contribution in [1.82, 2.24) is 4.90 Å². The largest absolute Gasteiger partial charge is 0.478 e. The summed E-state index contributed by atoms with van der Waals surface area (Å²) in [5, 5.41) is 20.4. The number of likely N-dealkylation sites (N-methyl/N-ethyl adjacent to an activating group) is 1. The van der Waals surface area contributed by atoms with Gasteiger partial charge >= 0.3 is 12.0 Å². The predicted octanol–water partition coefficient (Wildman–Crippen LogP) is 1.99. The molecule has 0 spiro atoms. The molecular formula is C12H15BrN2O4. The van der Waals surface area contributed by atoms with Crippen LogP contribution in [-0.4, -0.2) is 46.8 Å². The smallest absolute Gasteiger partial charge is 0.337 e. The van der Waals surface area contributed by atoms with Gasteiger partial charge in [0.2, 0.25) is 0 Å². The first-order valence-electron chi connectivity index (χ1n) is 5.69. The van der Waals surface area contributed by atoms with Gasteiger partial charge in [0.05, 0.1) is 17.9 Å². The summed E-state index contributed by atoms with van der Waals surface area (Å²) in [5.74, 6) is -1.12. The van der Waals surface area contributed by atoms with Crippen molar-refractivity contribution in [3.05, 3.63) is 28.2 Å². The van der Waals surface area contributed by atoms with Crippen LogP contribution < -0.4 is 5.32 Å². The number of carboxylic acids is 1. The molecule has 0 radical (unpaired) electrons. The minimum Gasteiger partial charge on any atom is -0.478 e. The summed E-state index contributed by atoms with van der Waals surface area (Å²) in [4.78, 5) is 24.4. The average molecular weight is 331 g/mol. The molecule has 0 heterocycles. The lowest BCUT2D eigenvalue weighted by molar-refractivity contribution is 0.0698. The standard InChI is InChI=1S/C12H15BrN2O4/c1-2-15(5-6-16)12(19)14-10-7-8(13)3-4-9(10)11(17)18/h3-4,7,16H,2,5-6H2,1H3,(H,14,19)(H,17,18). The Balaban J connectivity index is 2.94. The highest BCUT2D eigenvalue weighted by atomic mass is 79.9. The molecule has 1 rings (SSSR count). The summed E-state index contributed by atoms with van der Waals surface area (Å²) in [6.07, 6.45) is 0. The molecule has 0 aliphatic heterocycles. The molecule has 0 fully saturated rings. The third kappa shape index (κ3) is 4.22. The molecule has 7 heteroatoms. The summed E-state index contributed by atoms with van der Waals surface area (Å²) in [6.45, 7) is 2.24. The van der Waals surface area contributed by atoms with Crippen LogP contribution in [0.15, 0.2) is 22.7 Å². The van der Waals surface area contributed by atoms with E-state index < -0.39 is 12.0 Å². The van der Waals surface area contributed by atoms with Crippen LogP contribution in [0.2, 0.25) is 0 Å². The molecule has 19 heavy (non-hydrogen) atoms. The van der Waals surface area contributed by atoms with E-state index in [2.05, 4.69) is 21.2 Å². The number of anilines is 1. The number of aliphatic hydroxyl groups excluding tert-OH is 1. The molecule has 104 valence electrons. The van der Waals surface area contributed by atoms with Gasteiger partial charge < -0.3 is 20.4 Å². The van der Waals surface area contributed by atoms with Gasteiger partial charge in [-0.05, 0) is 25.1 Å². The van der Waals surface area contributed by atoms with Gasteiger partial charge in [-0.3, -0.25) is 0 Å². The zero-order valence-electron chi connectivity index (χ0n) is 10.4. The van der Waals surface area contributed by atoms with Crippen LogP contribution in [0.25, 0.3) is 0 Å². The van der Waals surface area contributed by atoms with Gasteiger partial charge in [-0.15, -0.1) is 0 Å². The van der Waals surface area contributed by atoms with Crippen LogP contribution in [0, 0.1) is 0 Å². The highest BCUT2D eigenvalue weighted by molar-refractivity contribution is 9.10. The number of aromatic carboxylic acids is 1. The zero-order chi connectivity index (χ0) is 14.4. The molecule has 0 atom stereocenters. The highest BCUT2D eigenvalue weighted by Crippen LogP contribution is 2.22. The maximum atomic E-state index is 11.9. The molecule has 2 amide bonds. The minimum absolute atomic E-state index is 0.0107. The van der Waals surface area contributed by atoms with E-state index in [9.17, 15) is 9.59 Å². The Bertz CT molecular complexity index is 479. The number of carbonyl (C=O) groups is 2. The lowest BCUT2D eigenvalue weighted by Gasteiger charge is -2.20. The molecule has 0 bridgehead atoms. The van der Waals surface area contributed by atoms with Crippen LogP contribution in [-0.2, 0) is 0 Å². The molecule has 3 N–H and O–H groups in total. The SMILES string of the molecule is CCN(CCO)C(=O)Nc1cc(Br)ccc1C(=O)O. The van der Waals surface area contributed by atoms with Gasteiger partial charge in [-0.2, -0.15) is 0 Å². The molecule has 6 nitrogen and oxygen atoms in total. The fourth-order valence-corrected chi connectivity index (χ4v) is 1.89. The maximum Gasteiger partial charge on any atom is 0.337 e. The summed E-state index contributed by atoms with van der Waals surface area (Å²) in [7, 11) is 0. The number of hydrogen-bond acceptors (Lipinski definition) is 3. The average Bonchev–Trinajstić information content (AvgIpc) is 2.35. The van der Waals surface area contributed by atoms with Crippen molar-refractivity contribution in [1.29, 1.82) is 0 Å². The van der Waals surface area contributed by atoms with E-state index in [0.29, 0.717) is 11.0 Å². The lowest BCUT2D eigenvalue weighted by atomic mass is 10.2. The van der Waals surface area contributed by atoms with Crippen molar-refractivity contribution in [2.45, 2.75) is 6.92 Å². The van der Waals surface area contributed by atoms with Gasteiger partial charge in [0.25, 0.3) is 0 Å². The maximum absolute atomic E-state index is 11.9. The number of urea groups is 1. The first-order chi connectivity index (χ1) is 8.99. The summed E-state index contributed by atoms with van der Waals surface area (Å²) in [5.41, 5.74) is 0.222. The third-order valence-electron chi connectivity index (χ3n) is 2.49. The van der Waals surface area contributed by atoms with Crippen molar-refractivity contribution in [2.75, 3.05) is 25.0 Å². The summed E-state index contributed by atoms with van der Waals surface area (Å²) < 4.78 is 0.665. The second-order valence-electron chi connectivity index (χ2n) is 3.73. The van der Waals surface area contributed by atoms with Crippen LogP contribution in [0.5, 0.6) is 0 Å². The molecule has 1 aromatic rings. The van der Waals surface area contributed by atoms with E-state index in [4.69, 9.17) is 10.2 Å². The monoisotopic (exact) mass is 330 g/mol. The molecule has 0 aliphatic carbocycles. The van der Waals surface area contributed by atoms with Gasteiger partial charge in [0.15, 0.2) is 0 Å². The van der Waals surface area contributed by atoms with Crippen LogP contribution in [0.4, 0.5) is 10.5 Å². The van der Waals surface area contributed by atoms with Gasteiger partial charge in [0.1, 0.15) is 0 Å². The van der Waals surface area contributed by atoms with Crippen molar-refractivity contribution >= 4 is 33.6 Å². The first kappa shape index (κ1) is 15.5. The second kappa shape index (κ2) is 7.10. The number of carboxylic acid groups (broad SMARTS) is 1. The number of carbonyl (C=O) groups excluding carboxylic acids is 1. The van der Waals surface area contributed by atoms with Gasteiger partial charge in [-0.1, -0.05) is 15.9 Å². The minimum atomic E-state index is -1.12. The van der Waals surface area contributed by atoms with Crippen molar-refractivity contribution in [3.8, 4) is 0 Å². The van der Waals surface area contributed by atoms with Crippen molar-refractivity contribution in [2.24, 2.45) is 0 Å². The Hall–Kier alpha value is -1.60. The van der Waals surface area contributed by atoms with Crippen LogP contribution in [0.1, 0.15) is 17.3 Å². The molecule has 0 aromatic heterocycles. The normalized spacial score (nSPS) is 10.1. The van der Waals surface area contributed by atoms with E-state index in [-0.39, 0.29) is 24.4 Å². The number of halogens is 1. The predicted molar refractivity (Wildman–Crippen MR) is 74.5 cm³/mol. The number of nitrogens with one attached hydrogen (secondary N) is 1. The summed E-state index contributed by atoms with van der Waals surface area (Å²) in [6, 6.07) is 4.07. The van der Waals surface area contributed by atoms with E-state index in [1.54, 1.807) is 13.0 Å². The third-order valence-corrected chi connectivity index (χ3v) is 2.99.